The van der Waals surface area contributed by atoms with E-state index < -0.39 is 18.1 Å². The Kier molecular flexibility index (Phi) is 3.24. The minimum atomic E-state index is -0.717. The van der Waals surface area contributed by atoms with E-state index in [4.69, 9.17) is 5.11 Å². The first-order chi connectivity index (χ1) is 6.57. The number of nitrogens with zero attached hydrogens (tertiary/aromatic N) is 1. The van der Waals surface area contributed by atoms with E-state index in [1.165, 1.54) is 13.0 Å². The third-order valence-corrected chi connectivity index (χ3v) is 2.09. The van der Waals surface area contributed by atoms with Crippen LogP contribution >= 0.6 is 0 Å². The topological polar surface area (TPSA) is 66.8 Å². The van der Waals surface area contributed by atoms with Crippen molar-refractivity contribution in [1.82, 2.24) is 4.90 Å². The zero-order valence-electron chi connectivity index (χ0n) is 7.97. The van der Waals surface area contributed by atoms with Gasteiger partial charge in [-0.2, -0.15) is 0 Å². The molecule has 2 amide bonds. The van der Waals surface area contributed by atoms with Crippen LogP contribution < -0.4 is 0 Å². The number of aliphatic hydroxyl groups excluding tert-OH is 1. The van der Waals surface area contributed by atoms with Gasteiger partial charge in [0.15, 0.2) is 0 Å². The quantitative estimate of drug-likeness (QED) is 0.519. The molecule has 0 spiro atoms. The molecule has 14 heavy (non-hydrogen) atoms. The van der Waals surface area contributed by atoms with Crippen molar-refractivity contribution >= 4 is 12.0 Å². The molecule has 5 heteroatoms. The SMILES string of the molecule is C=CCOC(=O)N1C[C@@H]([C@@H](C)O)C1=O. The minimum absolute atomic E-state index is 0.0853. The number of imide groups is 1. The lowest BCUT2D eigenvalue weighted by Gasteiger charge is -2.37. The maximum Gasteiger partial charge on any atom is 0.416 e. The molecule has 1 aliphatic rings. The van der Waals surface area contributed by atoms with Crippen LogP contribution in [0.3, 0.4) is 0 Å². The number of aliphatic hydroxyl groups is 1. The zero-order chi connectivity index (χ0) is 10.7. The Morgan fingerprint density at radius 3 is 3.00 bits per heavy atom. The fourth-order valence-electron chi connectivity index (χ4n) is 1.18. The van der Waals surface area contributed by atoms with Crippen molar-refractivity contribution in [3.63, 3.8) is 0 Å². The number of ether oxygens (including phenoxy) is 1. The summed E-state index contributed by atoms with van der Waals surface area (Å²) in [6.07, 6.45) is 0.0339. The van der Waals surface area contributed by atoms with E-state index in [2.05, 4.69) is 11.3 Å². The number of hydrogen-bond donors (Lipinski definition) is 1. The Labute approximate surface area is 82.0 Å². The standard InChI is InChI=1S/C9H13NO4/c1-3-4-14-9(13)10-5-7(6(2)11)8(10)12/h3,6-7,11H,1,4-5H2,2H3/t6-,7+/m1/s1. The van der Waals surface area contributed by atoms with Gasteiger partial charge in [0.05, 0.1) is 12.0 Å². The summed E-state index contributed by atoms with van der Waals surface area (Å²) in [5, 5.41) is 9.10. The van der Waals surface area contributed by atoms with E-state index in [1.807, 2.05) is 0 Å². The van der Waals surface area contributed by atoms with Gasteiger partial charge in [-0.15, -0.1) is 0 Å². The van der Waals surface area contributed by atoms with Crippen molar-refractivity contribution in [2.24, 2.45) is 5.92 Å². The molecule has 2 atom stereocenters. The first kappa shape index (κ1) is 10.7. The van der Waals surface area contributed by atoms with E-state index in [-0.39, 0.29) is 19.1 Å². The van der Waals surface area contributed by atoms with Gasteiger partial charge in [-0.25, -0.2) is 9.69 Å². The van der Waals surface area contributed by atoms with Crippen LogP contribution in [0.1, 0.15) is 6.92 Å². The average molecular weight is 199 g/mol. The first-order valence-electron chi connectivity index (χ1n) is 4.35. The second-order valence-electron chi connectivity index (χ2n) is 3.16. The molecule has 5 nitrogen and oxygen atoms in total. The van der Waals surface area contributed by atoms with Gasteiger partial charge in [0.2, 0.25) is 5.91 Å². The fourth-order valence-corrected chi connectivity index (χ4v) is 1.18. The Balaban J connectivity index is 2.40. The molecule has 0 aliphatic carbocycles. The van der Waals surface area contributed by atoms with E-state index in [1.54, 1.807) is 0 Å². The van der Waals surface area contributed by atoms with Crippen LogP contribution in [0.4, 0.5) is 4.79 Å². The molecule has 1 heterocycles. The van der Waals surface area contributed by atoms with Crippen molar-refractivity contribution in [3.8, 4) is 0 Å². The number of carbonyl (C=O) groups is 2. The molecule has 0 aromatic carbocycles. The lowest BCUT2D eigenvalue weighted by atomic mass is 9.94. The molecular weight excluding hydrogens is 186 g/mol. The monoisotopic (exact) mass is 199 g/mol. The minimum Gasteiger partial charge on any atom is -0.445 e. The van der Waals surface area contributed by atoms with E-state index in [9.17, 15) is 9.59 Å². The molecule has 0 aromatic heterocycles. The molecular formula is C9H13NO4. The molecule has 0 unspecified atom stereocenters. The number of hydrogen-bond acceptors (Lipinski definition) is 4. The van der Waals surface area contributed by atoms with Crippen molar-refractivity contribution in [3.05, 3.63) is 12.7 Å². The summed E-state index contributed by atoms with van der Waals surface area (Å²) in [7, 11) is 0. The highest BCUT2D eigenvalue weighted by Crippen LogP contribution is 2.21. The normalized spacial score (nSPS) is 22.6. The van der Waals surface area contributed by atoms with Crippen LogP contribution in [0.5, 0.6) is 0 Å². The van der Waals surface area contributed by atoms with Crippen LogP contribution in [0, 0.1) is 5.92 Å². The maximum absolute atomic E-state index is 11.2. The van der Waals surface area contributed by atoms with Crippen molar-refractivity contribution < 1.29 is 19.4 Å². The van der Waals surface area contributed by atoms with Crippen LogP contribution in [-0.4, -0.2) is 41.3 Å². The number of likely N-dealkylation sites (tertiary alicyclic amines) is 1. The number of β-lactam (4-membered cyclic amide) rings is 1. The number of rotatable bonds is 3. The Morgan fingerprint density at radius 1 is 1.93 bits per heavy atom. The molecule has 0 aromatic rings. The maximum atomic E-state index is 11.2. The fraction of sp³-hybridized carbons (Fsp3) is 0.556. The van der Waals surface area contributed by atoms with E-state index in [0.29, 0.717) is 0 Å². The van der Waals surface area contributed by atoms with Crippen molar-refractivity contribution in [2.75, 3.05) is 13.2 Å². The molecule has 1 N–H and O–H groups in total. The summed E-state index contributed by atoms with van der Waals surface area (Å²) >= 11 is 0. The van der Waals surface area contributed by atoms with Gasteiger partial charge in [-0.3, -0.25) is 4.79 Å². The van der Waals surface area contributed by atoms with Gasteiger partial charge in [0.1, 0.15) is 6.61 Å². The number of amides is 2. The predicted molar refractivity (Wildman–Crippen MR) is 48.4 cm³/mol. The molecule has 78 valence electrons. The second kappa shape index (κ2) is 4.23. The molecule has 0 saturated carbocycles. The summed E-state index contributed by atoms with van der Waals surface area (Å²) in [6, 6.07) is 0. The second-order valence-corrected chi connectivity index (χ2v) is 3.16. The summed E-state index contributed by atoms with van der Waals surface area (Å²) in [5.74, 6) is -0.847. The number of carbonyl (C=O) groups excluding carboxylic acids is 2. The van der Waals surface area contributed by atoms with Crippen molar-refractivity contribution in [1.29, 1.82) is 0 Å². The summed E-state index contributed by atoms with van der Waals surface area (Å²) in [4.78, 5) is 23.3. The van der Waals surface area contributed by atoms with Gasteiger partial charge in [0.25, 0.3) is 0 Å². The largest absolute Gasteiger partial charge is 0.445 e. The first-order valence-corrected chi connectivity index (χ1v) is 4.35. The van der Waals surface area contributed by atoms with Gasteiger partial charge in [-0.1, -0.05) is 12.7 Å². The van der Waals surface area contributed by atoms with Gasteiger partial charge in [0, 0.05) is 6.54 Å². The molecule has 1 aliphatic heterocycles. The third kappa shape index (κ3) is 1.93. The van der Waals surface area contributed by atoms with Crippen LogP contribution in [0.15, 0.2) is 12.7 Å². The van der Waals surface area contributed by atoms with Gasteiger partial charge >= 0.3 is 6.09 Å². The Hall–Kier alpha value is -1.36. The Morgan fingerprint density at radius 2 is 2.57 bits per heavy atom. The van der Waals surface area contributed by atoms with E-state index in [0.717, 1.165) is 4.90 Å². The van der Waals surface area contributed by atoms with Crippen LogP contribution in [0.2, 0.25) is 0 Å². The average Bonchev–Trinajstić information content (AvgIpc) is 2.11. The highest BCUT2D eigenvalue weighted by molar-refractivity contribution is 5.98. The predicted octanol–water partition coefficient (Wildman–Crippen LogP) is 0.148. The van der Waals surface area contributed by atoms with Crippen molar-refractivity contribution in [2.45, 2.75) is 13.0 Å². The lowest BCUT2D eigenvalue weighted by molar-refractivity contribution is -0.150. The Bertz CT molecular complexity index is 262. The smallest absolute Gasteiger partial charge is 0.416 e. The lowest BCUT2D eigenvalue weighted by Crippen LogP contribution is -2.58. The summed E-state index contributed by atoms with van der Waals surface area (Å²) < 4.78 is 4.66. The molecule has 0 radical (unpaired) electrons. The highest BCUT2D eigenvalue weighted by atomic mass is 16.6. The molecule has 1 fully saturated rings. The van der Waals surface area contributed by atoms with E-state index >= 15 is 0 Å². The van der Waals surface area contributed by atoms with Gasteiger partial charge in [-0.05, 0) is 6.92 Å². The summed E-state index contributed by atoms with van der Waals surface area (Å²) in [5.41, 5.74) is 0. The molecule has 0 bridgehead atoms. The highest BCUT2D eigenvalue weighted by Gasteiger charge is 2.44. The zero-order valence-corrected chi connectivity index (χ0v) is 7.97. The van der Waals surface area contributed by atoms with Crippen LogP contribution in [0.25, 0.3) is 0 Å². The molecule has 1 saturated heterocycles. The van der Waals surface area contributed by atoms with Crippen LogP contribution in [-0.2, 0) is 9.53 Å². The molecule has 1 rings (SSSR count). The summed E-state index contributed by atoms with van der Waals surface area (Å²) in [6.45, 7) is 5.21. The van der Waals surface area contributed by atoms with Gasteiger partial charge < -0.3 is 9.84 Å². The third-order valence-electron chi connectivity index (χ3n) is 2.09.